The highest BCUT2D eigenvalue weighted by Crippen LogP contribution is 2.27. The van der Waals surface area contributed by atoms with Gasteiger partial charge >= 0.3 is 0 Å². The van der Waals surface area contributed by atoms with Crippen molar-refractivity contribution in [3.63, 3.8) is 0 Å². The lowest BCUT2D eigenvalue weighted by Gasteiger charge is -2.22. The summed E-state index contributed by atoms with van der Waals surface area (Å²) in [6, 6.07) is 7.24. The second-order valence-electron chi connectivity index (χ2n) is 5.81. The van der Waals surface area contributed by atoms with Gasteiger partial charge in [-0.05, 0) is 30.5 Å². The number of nitrogens with zero attached hydrogens (tertiary/aromatic N) is 3. The van der Waals surface area contributed by atoms with E-state index in [9.17, 15) is 0 Å². The lowest BCUT2D eigenvalue weighted by Crippen LogP contribution is -2.21. The van der Waals surface area contributed by atoms with Crippen molar-refractivity contribution in [2.45, 2.75) is 32.0 Å². The van der Waals surface area contributed by atoms with E-state index in [4.69, 9.17) is 0 Å². The van der Waals surface area contributed by atoms with Gasteiger partial charge in [-0.25, -0.2) is 0 Å². The first-order chi connectivity index (χ1) is 10.1. The van der Waals surface area contributed by atoms with Crippen molar-refractivity contribution >= 4 is 21.6 Å². The van der Waals surface area contributed by atoms with E-state index in [1.54, 1.807) is 0 Å². The van der Waals surface area contributed by atoms with E-state index in [1.807, 2.05) is 17.9 Å². The monoisotopic (exact) mass is 348 g/mol. The van der Waals surface area contributed by atoms with E-state index in [1.165, 1.54) is 29.7 Å². The fraction of sp³-hybridized carbons (Fsp3) is 0.438. The zero-order valence-electron chi connectivity index (χ0n) is 12.5. The molecule has 0 aliphatic heterocycles. The quantitative estimate of drug-likeness (QED) is 0.870. The zero-order valence-corrected chi connectivity index (χ0v) is 14.1. The number of aromatic nitrogens is 2. The van der Waals surface area contributed by atoms with Gasteiger partial charge in [-0.1, -0.05) is 22.0 Å². The van der Waals surface area contributed by atoms with Crippen molar-refractivity contribution in [3.8, 4) is 0 Å². The molecule has 1 saturated carbocycles. The minimum atomic E-state index is 0.727. The van der Waals surface area contributed by atoms with Crippen LogP contribution in [-0.2, 0) is 20.1 Å². The Morgan fingerprint density at radius 1 is 1.43 bits per heavy atom. The molecule has 0 bridgehead atoms. The Morgan fingerprint density at radius 2 is 2.24 bits per heavy atom. The van der Waals surface area contributed by atoms with Crippen molar-refractivity contribution in [1.82, 2.24) is 15.1 Å². The minimum Gasteiger partial charge on any atom is -0.370 e. The second kappa shape index (κ2) is 6.20. The Hall–Kier alpha value is -1.33. The van der Waals surface area contributed by atoms with Crippen molar-refractivity contribution in [1.29, 1.82) is 0 Å². The largest absolute Gasteiger partial charge is 0.370 e. The van der Waals surface area contributed by atoms with E-state index in [-0.39, 0.29) is 0 Å². The van der Waals surface area contributed by atoms with Crippen LogP contribution in [0.4, 0.5) is 5.69 Å². The molecule has 4 nitrogen and oxygen atoms in total. The average molecular weight is 349 g/mol. The SMILES string of the molecule is CN(Cc1cnn(C)c1)c1cc(Br)ccc1CNC1CC1. The summed E-state index contributed by atoms with van der Waals surface area (Å²) in [7, 11) is 4.09. The molecule has 3 rings (SSSR count). The molecule has 1 aromatic heterocycles. The van der Waals surface area contributed by atoms with E-state index >= 15 is 0 Å². The molecule has 21 heavy (non-hydrogen) atoms. The van der Waals surface area contributed by atoms with Crippen LogP contribution in [0.3, 0.4) is 0 Å². The fourth-order valence-corrected chi connectivity index (χ4v) is 2.85. The van der Waals surface area contributed by atoms with Gasteiger partial charge in [0.2, 0.25) is 0 Å². The lowest BCUT2D eigenvalue weighted by atomic mass is 10.1. The van der Waals surface area contributed by atoms with Crippen LogP contribution in [0.1, 0.15) is 24.0 Å². The van der Waals surface area contributed by atoms with E-state index in [2.05, 4.69) is 62.7 Å². The number of anilines is 1. The van der Waals surface area contributed by atoms with Gasteiger partial charge in [-0.3, -0.25) is 4.68 Å². The maximum atomic E-state index is 4.24. The number of nitrogens with one attached hydrogen (secondary N) is 1. The third kappa shape index (κ3) is 3.86. The number of rotatable bonds is 6. The lowest BCUT2D eigenvalue weighted by molar-refractivity contribution is 0.685. The number of hydrogen-bond acceptors (Lipinski definition) is 3. The van der Waals surface area contributed by atoms with E-state index in [0.717, 1.165) is 23.6 Å². The van der Waals surface area contributed by atoms with Gasteiger partial charge in [-0.2, -0.15) is 5.10 Å². The van der Waals surface area contributed by atoms with Crippen LogP contribution in [0.2, 0.25) is 0 Å². The predicted molar refractivity (Wildman–Crippen MR) is 89.3 cm³/mol. The highest BCUT2D eigenvalue weighted by atomic mass is 79.9. The summed E-state index contributed by atoms with van der Waals surface area (Å²) in [5.74, 6) is 0. The summed E-state index contributed by atoms with van der Waals surface area (Å²) in [5, 5.41) is 7.84. The smallest absolute Gasteiger partial charge is 0.0539 e. The molecular formula is C16H21BrN4. The highest BCUT2D eigenvalue weighted by molar-refractivity contribution is 9.10. The summed E-state index contributed by atoms with van der Waals surface area (Å²) in [6.07, 6.45) is 6.63. The maximum Gasteiger partial charge on any atom is 0.0539 e. The molecule has 1 aliphatic rings. The van der Waals surface area contributed by atoms with Gasteiger partial charge in [0.1, 0.15) is 0 Å². The average Bonchev–Trinajstić information content (AvgIpc) is 3.20. The molecule has 112 valence electrons. The zero-order chi connectivity index (χ0) is 14.8. The Labute approximate surface area is 134 Å². The van der Waals surface area contributed by atoms with Gasteiger partial charge in [0, 0.05) is 55.1 Å². The van der Waals surface area contributed by atoms with Crippen molar-refractivity contribution < 1.29 is 0 Å². The van der Waals surface area contributed by atoms with Gasteiger partial charge in [0.15, 0.2) is 0 Å². The van der Waals surface area contributed by atoms with E-state index < -0.39 is 0 Å². The molecule has 0 spiro atoms. The summed E-state index contributed by atoms with van der Waals surface area (Å²) in [6.45, 7) is 1.80. The molecule has 0 unspecified atom stereocenters. The Kier molecular flexibility index (Phi) is 4.31. The third-order valence-electron chi connectivity index (χ3n) is 3.80. The Balaban J connectivity index is 1.75. The van der Waals surface area contributed by atoms with Crippen molar-refractivity contribution in [3.05, 3.63) is 46.2 Å². The Morgan fingerprint density at radius 3 is 2.90 bits per heavy atom. The number of hydrogen-bond donors (Lipinski definition) is 1. The molecule has 1 heterocycles. The molecule has 1 N–H and O–H groups in total. The predicted octanol–water partition coefficient (Wildman–Crippen LogP) is 3.07. The first-order valence-electron chi connectivity index (χ1n) is 7.32. The molecular weight excluding hydrogens is 328 g/mol. The molecule has 1 aromatic carbocycles. The number of aryl methyl sites for hydroxylation is 1. The topological polar surface area (TPSA) is 33.1 Å². The Bertz CT molecular complexity index is 618. The number of benzene rings is 1. The van der Waals surface area contributed by atoms with Gasteiger partial charge < -0.3 is 10.2 Å². The molecule has 0 amide bonds. The molecule has 1 fully saturated rings. The first kappa shape index (κ1) is 14.6. The highest BCUT2D eigenvalue weighted by Gasteiger charge is 2.21. The van der Waals surface area contributed by atoms with Crippen LogP contribution in [-0.4, -0.2) is 22.9 Å². The van der Waals surface area contributed by atoms with Gasteiger partial charge in [0.25, 0.3) is 0 Å². The summed E-state index contributed by atoms with van der Waals surface area (Å²) < 4.78 is 2.96. The van der Waals surface area contributed by atoms with Gasteiger partial charge in [-0.15, -0.1) is 0 Å². The van der Waals surface area contributed by atoms with Crippen LogP contribution in [0, 0.1) is 0 Å². The van der Waals surface area contributed by atoms with Gasteiger partial charge in [0.05, 0.1) is 6.20 Å². The van der Waals surface area contributed by atoms with Crippen LogP contribution in [0.25, 0.3) is 0 Å². The summed E-state index contributed by atoms with van der Waals surface area (Å²) in [5.41, 5.74) is 3.83. The summed E-state index contributed by atoms with van der Waals surface area (Å²) in [4.78, 5) is 2.28. The first-order valence-corrected chi connectivity index (χ1v) is 8.11. The van der Waals surface area contributed by atoms with E-state index in [0.29, 0.717) is 0 Å². The second-order valence-corrected chi connectivity index (χ2v) is 6.72. The molecule has 5 heteroatoms. The molecule has 2 aromatic rings. The standard InChI is InChI=1S/C16H21BrN4/c1-20(10-12-8-19-21(2)11-12)16-7-14(17)4-3-13(16)9-18-15-5-6-15/h3-4,7-8,11,15,18H,5-6,9-10H2,1-2H3. The normalized spacial score (nSPS) is 14.4. The minimum absolute atomic E-state index is 0.727. The number of halogens is 1. The van der Waals surface area contributed by atoms with Crippen LogP contribution < -0.4 is 10.2 Å². The maximum absolute atomic E-state index is 4.24. The fourth-order valence-electron chi connectivity index (χ4n) is 2.50. The molecule has 0 radical (unpaired) electrons. The third-order valence-corrected chi connectivity index (χ3v) is 4.29. The van der Waals surface area contributed by atoms with Crippen molar-refractivity contribution in [2.24, 2.45) is 7.05 Å². The molecule has 0 saturated heterocycles. The van der Waals surface area contributed by atoms with Crippen LogP contribution >= 0.6 is 15.9 Å². The van der Waals surface area contributed by atoms with Crippen molar-refractivity contribution in [2.75, 3.05) is 11.9 Å². The van der Waals surface area contributed by atoms with Crippen LogP contribution in [0.15, 0.2) is 35.1 Å². The molecule has 0 atom stereocenters. The molecule has 1 aliphatic carbocycles. The van der Waals surface area contributed by atoms with Crippen LogP contribution in [0.5, 0.6) is 0 Å². The summed E-state index contributed by atoms with van der Waals surface area (Å²) >= 11 is 3.58.